The molecule has 1 aliphatic heterocycles. The highest BCUT2D eigenvalue weighted by Gasteiger charge is 2.40. The summed E-state index contributed by atoms with van der Waals surface area (Å²) in [6.45, 7) is 2.37. The molecule has 8 nitrogen and oxygen atoms in total. The summed E-state index contributed by atoms with van der Waals surface area (Å²) in [6.07, 6.45) is 7.02. The van der Waals surface area contributed by atoms with E-state index in [1.165, 1.54) is 25.6 Å². The monoisotopic (exact) mass is 439 g/mol. The van der Waals surface area contributed by atoms with Crippen LogP contribution in [0.5, 0.6) is 11.5 Å². The van der Waals surface area contributed by atoms with E-state index in [0.717, 1.165) is 25.7 Å². The summed E-state index contributed by atoms with van der Waals surface area (Å²) in [5.74, 6) is -0.416. The fourth-order valence-corrected chi connectivity index (χ4v) is 4.51. The number of hydroxylamine groups is 1. The molecule has 1 fully saturated rings. The smallest absolute Gasteiger partial charge is 0.306 e. The third-order valence-electron chi connectivity index (χ3n) is 6.11. The maximum absolute atomic E-state index is 13.1. The summed E-state index contributed by atoms with van der Waals surface area (Å²) in [5.41, 5.74) is 1.17. The molecule has 0 saturated heterocycles. The molecule has 2 aliphatic rings. The average molecular weight is 439 g/mol. The van der Waals surface area contributed by atoms with Crippen molar-refractivity contribution < 1.29 is 23.8 Å². The van der Waals surface area contributed by atoms with Gasteiger partial charge in [-0.05, 0) is 56.4 Å². The lowest BCUT2D eigenvalue weighted by atomic mass is 9.86. The Kier molecular flexibility index (Phi) is 6.60. The number of Topliss-reactive ketones (excluding diaryl/α,β-unsaturated/α-hetero) is 1. The molecule has 8 heteroatoms. The number of ether oxygens (including phenoxy) is 3. The number of aromatic nitrogens is 1. The van der Waals surface area contributed by atoms with Crippen molar-refractivity contribution in [3.8, 4) is 11.5 Å². The van der Waals surface area contributed by atoms with Crippen LogP contribution >= 0.6 is 0 Å². The highest BCUT2D eigenvalue weighted by atomic mass is 16.5. The molecule has 1 aliphatic carbocycles. The summed E-state index contributed by atoms with van der Waals surface area (Å²) >= 11 is 0. The lowest BCUT2D eigenvalue weighted by molar-refractivity contribution is -0.141. The molecule has 0 amide bonds. The lowest BCUT2D eigenvalue weighted by Crippen LogP contribution is -2.38. The molecule has 0 radical (unpaired) electrons. The van der Waals surface area contributed by atoms with Crippen molar-refractivity contribution in [1.82, 2.24) is 4.98 Å². The number of esters is 1. The van der Waals surface area contributed by atoms with Gasteiger partial charge in [-0.3, -0.25) is 14.6 Å². The van der Waals surface area contributed by atoms with Gasteiger partial charge in [0.2, 0.25) is 0 Å². The van der Waals surface area contributed by atoms with E-state index in [2.05, 4.69) is 4.98 Å². The number of carbonyl (C=O) groups is 2. The molecular weight excluding hydrogens is 412 g/mol. The van der Waals surface area contributed by atoms with E-state index < -0.39 is 17.9 Å². The first-order valence-electron chi connectivity index (χ1n) is 11.0. The largest absolute Gasteiger partial charge is 0.758 e. The Morgan fingerprint density at radius 2 is 2.03 bits per heavy atom. The molecule has 4 rings (SSSR count). The Morgan fingerprint density at radius 1 is 1.25 bits per heavy atom. The number of fused-ring (bicyclic) bond motifs is 1. The van der Waals surface area contributed by atoms with Crippen LogP contribution in [0, 0.1) is 5.21 Å². The number of hydrogen-bond donors (Lipinski definition) is 0. The van der Waals surface area contributed by atoms with Crippen molar-refractivity contribution in [2.45, 2.75) is 57.1 Å². The van der Waals surface area contributed by atoms with E-state index in [9.17, 15) is 14.8 Å². The van der Waals surface area contributed by atoms with E-state index in [4.69, 9.17) is 14.2 Å². The number of carbonyl (C=O) groups excluding carboxylic acids is 2. The number of benzene rings is 1. The maximum atomic E-state index is 13.1. The zero-order chi connectivity index (χ0) is 22.7. The first-order chi connectivity index (χ1) is 15.5. The van der Waals surface area contributed by atoms with Crippen LogP contribution in [-0.4, -0.2) is 42.6 Å². The molecule has 32 heavy (non-hydrogen) atoms. The Balaban J connectivity index is 1.72. The molecule has 0 spiro atoms. The molecule has 2 aromatic rings. The van der Waals surface area contributed by atoms with Crippen molar-refractivity contribution in [2.75, 3.05) is 18.8 Å². The minimum absolute atomic E-state index is 0.1000. The van der Waals surface area contributed by atoms with Gasteiger partial charge in [0.05, 0.1) is 37.8 Å². The standard InChI is InChI=1S/C24H27N2O6/c1-3-31-20-9-8-15(12-21(20)32-16-6-4-5-7-16)17(13-22(27)30-2)23-24(28)18-14-25-11-10-19(18)26(23)29/h8-12,14,16-17,23H,3-7,13H2,1-2H3/q-1. The fraction of sp³-hybridized carbons (Fsp3) is 0.458. The quantitative estimate of drug-likeness (QED) is 0.569. The molecule has 0 N–H and O–H groups in total. The second-order valence-electron chi connectivity index (χ2n) is 8.08. The number of hydrogen-bond acceptors (Lipinski definition) is 8. The minimum atomic E-state index is -1.09. The van der Waals surface area contributed by atoms with Crippen LogP contribution in [0.15, 0.2) is 36.7 Å². The maximum Gasteiger partial charge on any atom is 0.306 e. The molecule has 1 aromatic carbocycles. The zero-order valence-electron chi connectivity index (χ0n) is 18.3. The van der Waals surface area contributed by atoms with Gasteiger partial charge in [-0.15, -0.1) is 0 Å². The number of rotatable bonds is 8. The first kappa shape index (κ1) is 22.1. The van der Waals surface area contributed by atoms with Crippen LogP contribution in [0.1, 0.15) is 60.9 Å². The summed E-state index contributed by atoms with van der Waals surface area (Å²) in [7, 11) is 1.29. The van der Waals surface area contributed by atoms with Gasteiger partial charge in [-0.1, -0.05) is 6.07 Å². The highest BCUT2D eigenvalue weighted by molar-refractivity contribution is 6.11. The Labute approximate surface area is 187 Å². The molecule has 1 saturated carbocycles. The van der Waals surface area contributed by atoms with Crippen LogP contribution in [0.2, 0.25) is 0 Å². The van der Waals surface area contributed by atoms with Crippen LogP contribution < -0.4 is 14.5 Å². The van der Waals surface area contributed by atoms with Gasteiger partial charge in [0.25, 0.3) is 0 Å². The van der Waals surface area contributed by atoms with Crippen molar-refractivity contribution in [2.24, 2.45) is 0 Å². The van der Waals surface area contributed by atoms with Crippen molar-refractivity contribution in [3.05, 3.63) is 53.0 Å². The molecule has 2 heterocycles. The number of anilines is 1. The van der Waals surface area contributed by atoms with Gasteiger partial charge < -0.3 is 24.5 Å². The van der Waals surface area contributed by atoms with E-state index in [1.807, 2.05) is 6.92 Å². The minimum Gasteiger partial charge on any atom is -0.758 e. The number of methoxy groups -OCH3 is 1. The van der Waals surface area contributed by atoms with Gasteiger partial charge in [0, 0.05) is 24.0 Å². The van der Waals surface area contributed by atoms with Crippen LogP contribution in [0.25, 0.3) is 0 Å². The van der Waals surface area contributed by atoms with Crippen LogP contribution in [0.4, 0.5) is 5.69 Å². The third-order valence-corrected chi connectivity index (χ3v) is 6.11. The second-order valence-corrected chi connectivity index (χ2v) is 8.08. The average Bonchev–Trinajstić information content (AvgIpc) is 3.40. The van der Waals surface area contributed by atoms with Gasteiger partial charge in [-0.25, -0.2) is 0 Å². The Hall–Kier alpha value is -3.13. The molecule has 2 atom stereocenters. The van der Waals surface area contributed by atoms with Gasteiger partial charge >= 0.3 is 5.97 Å². The highest BCUT2D eigenvalue weighted by Crippen LogP contribution is 2.42. The number of ketones is 1. The molecule has 0 bridgehead atoms. The van der Waals surface area contributed by atoms with Gasteiger partial charge in [0.15, 0.2) is 17.3 Å². The second kappa shape index (κ2) is 9.56. The van der Waals surface area contributed by atoms with Crippen molar-refractivity contribution in [1.29, 1.82) is 0 Å². The summed E-state index contributed by atoms with van der Waals surface area (Å²) in [5, 5.41) is 13.8. The summed E-state index contributed by atoms with van der Waals surface area (Å²) in [4.78, 5) is 29.4. The Bertz CT molecular complexity index is 988. The van der Waals surface area contributed by atoms with E-state index >= 15 is 0 Å². The molecular formula is C24H27N2O6-. The molecule has 170 valence electrons. The Morgan fingerprint density at radius 3 is 2.72 bits per heavy atom. The molecule has 2 unspecified atom stereocenters. The van der Waals surface area contributed by atoms with E-state index in [-0.39, 0.29) is 29.6 Å². The predicted molar refractivity (Wildman–Crippen MR) is 118 cm³/mol. The zero-order valence-corrected chi connectivity index (χ0v) is 18.3. The fourth-order valence-electron chi connectivity index (χ4n) is 4.51. The predicted octanol–water partition coefficient (Wildman–Crippen LogP) is 4.02. The lowest BCUT2D eigenvalue weighted by Gasteiger charge is -2.37. The van der Waals surface area contributed by atoms with E-state index in [0.29, 0.717) is 28.7 Å². The number of nitrogens with zero attached hydrogens (tertiary/aromatic N) is 2. The van der Waals surface area contributed by atoms with Gasteiger partial charge in [0.1, 0.15) is 0 Å². The third kappa shape index (κ3) is 4.27. The number of pyridine rings is 1. The summed E-state index contributed by atoms with van der Waals surface area (Å²) in [6, 6.07) is 5.77. The normalized spacial score (nSPS) is 19.0. The first-order valence-corrected chi connectivity index (χ1v) is 11.0. The SMILES string of the molecule is CCOc1ccc(C(CC(=O)OC)C2C(=O)c3cnccc3N2[O-])cc1OC1CCCC1. The van der Waals surface area contributed by atoms with Crippen LogP contribution in [0.3, 0.4) is 0 Å². The van der Waals surface area contributed by atoms with Crippen molar-refractivity contribution in [3.63, 3.8) is 0 Å². The van der Waals surface area contributed by atoms with Gasteiger partial charge in [-0.2, -0.15) is 0 Å². The van der Waals surface area contributed by atoms with Crippen molar-refractivity contribution >= 4 is 17.4 Å². The molecule has 1 aromatic heterocycles. The topological polar surface area (TPSA) is 101 Å². The van der Waals surface area contributed by atoms with Crippen LogP contribution in [-0.2, 0) is 9.53 Å². The summed E-state index contributed by atoms with van der Waals surface area (Å²) < 4.78 is 16.8. The van der Waals surface area contributed by atoms with E-state index in [1.54, 1.807) is 18.2 Å².